The maximum Gasteiger partial charge on any atom is 0.288 e. The molecular formula is C30H38FN3O. The summed E-state index contributed by atoms with van der Waals surface area (Å²) in [6, 6.07) is 15.1. The fourth-order valence-corrected chi connectivity index (χ4v) is 7.06. The first kappa shape index (κ1) is 23.0. The van der Waals surface area contributed by atoms with Crippen LogP contribution in [0.25, 0.3) is 0 Å². The standard InChI is InChI=1S/C30H38FN3O/c1-3-21(4-2)23-7-10-26-24(19-23)11-15-34(28(26)22-5-8-25(31)9-6-22)29-32-27(20-35-29)30-12-16-33(17-13-30)18-14-30/h5-10,19,21,27-28H,3-4,11-18,20H2,1-2H3/t27-,28+/m1/s1. The molecule has 5 heterocycles. The molecule has 5 aliphatic heterocycles. The molecule has 2 bridgehead atoms. The van der Waals surface area contributed by atoms with Gasteiger partial charge in [-0.1, -0.05) is 44.2 Å². The number of aliphatic imine (C=N–C) groups is 1. The Balaban J connectivity index is 1.35. The smallest absolute Gasteiger partial charge is 0.288 e. The third kappa shape index (κ3) is 4.06. The predicted octanol–water partition coefficient (Wildman–Crippen LogP) is 5.92. The molecule has 0 aliphatic carbocycles. The number of amidine groups is 1. The number of nitrogens with zero attached hydrogens (tertiary/aromatic N) is 3. The maximum atomic E-state index is 13.8. The molecule has 0 saturated carbocycles. The SMILES string of the molecule is CCC(CC)c1ccc2c(c1)CCN(C1=N[C@@H](C34CCN(CC3)CC4)CO1)[C@H]2c1ccc(F)cc1. The van der Waals surface area contributed by atoms with E-state index in [4.69, 9.17) is 9.73 Å². The van der Waals surface area contributed by atoms with Crippen molar-refractivity contribution in [3.63, 3.8) is 0 Å². The lowest BCUT2D eigenvalue weighted by Crippen LogP contribution is -2.53. The van der Waals surface area contributed by atoms with Gasteiger partial charge < -0.3 is 14.5 Å². The van der Waals surface area contributed by atoms with Gasteiger partial charge in [0.05, 0.1) is 12.1 Å². The monoisotopic (exact) mass is 475 g/mol. The topological polar surface area (TPSA) is 28.1 Å². The van der Waals surface area contributed by atoms with Gasteiger partial charge in [-0.05, 0) is 104 Å². The molecular weight excluding hydrogens is 437 g/mol. The normalized spacial score (nSPS) is 29.8. The average molecular weight is 476 g/mol. The number of fused-ring (bicyclic) bond motifs is 4. The Hall–Kier alpha value is -2.40. The van der Waals surface area contributed by atoms with Crippen molar-refractivity contribution in [2.24, 2.45) is 10.4 Å². The third-order valence-electron chi connectivity index (χ3n) is 9.40. The van der Waals surface area contributed by atoms with Crippen LogP contribution < -0.4 is 0 Å². The highest BCUT2D eigenvalue weighted by atomic mass is 19.1. The molecule has 0 N–H and O–H groups in total. The molecule has 0 amide bonds. The van der Waals surface area contributed by atoms with Crippen molar-refractivity contribution in [2.75, 3.05) is 32.8 Å². The lowest BCUT2D eigenvalue weighted by atomic mass is 9.67. The zero-order valence-electron chi connectivity index (χ0n) is 21.2. The van der Waals surface area contributed by atoms with Crippen LogP contribution >= 0.6 is 0 Å². The molecule has 3 fully saturated rings. The molecule has 5 aliphatic rings. The van der Waals surface area contributed by atoms with Crippen LogP contribution in [0.15, 0.2) is 47.5 Å². The number of hydrogen-bond donors (Lipinski definition) is 0. The summed E-state index contributed by atoms with van der Waals surface area (Å²) in [6.45, 7) is 9.73. The molecule has 35 heavy (non-hydrogen) atoms. The summed E-state index contributed by atoms with van der Waals surface area (Å²) in [4.78, 5) is 10.2. The van der Waals surface area contributed by atoms with Gasteiger partial charge in [0.2, 0.25) is 0 Å². The summed E-state index contributed by atoms with van der Waals surface area (Å²) in [5, 5.41) is 0. The molecule has 0 aromatic heterocycles. The van der Waals surface area contributed by atoms with Gasteiger partial charge in [-0.15, -0.1) is 0 Å². The molecule has 186 valence electrons. The summed E-state index contributed by atoms with van der Waals surface area (Å²) in [7, 11) is 0. The van der Waals surface area contributed by atoms with Crippen LogP contribution in [0.4, 0.5) is 4.39 Å². The van der Waals surface area contributed by atoms with Gasteiger partial charge in [-0.2, -0.15) is 0 Å². The highest BCUT2D eigenvalue weighted by Gasteiger charge is 2.48. The van der Waals surface area contributed by atoms with Gasteiger partial charge in [0, 0.05) is 6.54 Å². The van der Waals surface area contributed by atoms with Crippen LogP contribution in [0.2, 0.25) is 0 Å². The van der Waals surface area contributed by atoms with E-state index in [-0.39, 0.29) is 17.9 Å². The van der Waals surface area contributed by atoms with E-state index < -0.39 is 0 Å². The van der Waals surface area contributed by atoms with Crippen molar-refractivity contribution in [1.82, 2.24) is 9.80 Å². The second-order valence-electron chi connectivity index (χ2n) is 11.1. The molecule has 3 saturated heterocycles. The van der Waals surface area contributed by atoms with Gasteiger partial charge in [0.15, 0.2) is 0 Å². The summed E-state index contributed by atoms with van der Waals surface area (Å²) in [6.07, 6.45) is 7.01. The van der Waals surface area contributed by atoms with Crippen molar-refractivity contribution in [2.45, 2.75) is 70.4 Å². The van der Waals surface area contributed by atoms with Crippen LogP contribution in [0.1, 0.15) is 80.2 Å². The zero-order chi connectivity index (χ0) is 24.0. The molecule has 5 heteroatoms. The van der Waals surface area contributed by atoms with Crippen molar-refractivity contribution < 1.29 is 9.13 Å². The minimum Gasteiger partial charge on any atom is -0.463 e. The van der Waals surface area contributed by atoms with Crippen LogP contribution in [-0.4, -0.2) is 54.6 Å². The summed E-state index contributed by atoms with van der Waals surface area (Å²) in [5.41, 5.74) is 5.56. The quantitative estimate of drug-likeness (QED) is 0.538. The second-order valence-corrected chi connectivity index (χ2v) is 11.1. The fourth-order valence-electron chi connectivity index (χ4n) is 7.06. The first-order valence-corrected chi connectivity index (χ1v) is 13.7. The van der Waals surface area contributed by atoms with E-state index in [9.17, 15) is 4.39 Å². The number of rotatable bonds is 5. The minimum atomic E-state index is -0.197. The van der Waals surface area contributed by atoms with Crippen LogP contribution in [0.3, 0.4) is 0 Å². The maximum absolute atomic E-state index is 13.8. The van der Waals surface area contributed by atoms with Crippen molar-refractivity contribution in [3.8, 4) is 0 Å². The Morgan fingerprint density at radius 3 is 2.40 bits per heavy atom. The first-order valence-electron chi connectivity index (χ1n) is 13.7. The first-order chi connectivity index (χ1) is 17.1. The molecule has 2 aromatic rings. The van der Waals surface area contributed by atoms with E-state index in [1.165, 1.54) is 55.6 Å². The van der Waals surface area contributed by atoms with Crippen LogP contribution in [-0.2, 0) is 11.2 Å². The number of halogens is 1. The Labute approximate surface area is 209 Å². The minimum absolute atomic E-state index is 0.00157. The highest BCUT2D eigenvalue weighted by molar-refractivity contribution is 5.77. The van der Waals surface area contributed by atoms with E-state index in [1.54, 1.807) is 12.1 Å². The van der Waals surface area contributed by atoms with Gasteiger partial charge in [-0.3, -0.25) is 0 Å². The lowest BCUT2D eigenvalue weighted by molar-refractivity contribution is 0.00166. The molecule has 0 spiro atoms. The van der Waals surface area contributed by atoms with E-state index in [0.717, 1.165) is 37.4 Å². The number of hydrogen-bond acceptors (Lipinski definition) is 4. The van der Waals surface area contributed by atoms with Crippen molar-refractivity contribution in [1.29, 1.82) is 0 Å². The third-order valence-corrected chi connectivity index (χ3v) is 9.40. The lowest BCUT2D eigenvalue weighted by Gasteiger charge is -2.50. The number of ether oxygens (including phenoxy) is 1. The largest absolute Gasteiger partial charge is 0.463 e. The van der Waals surface area contributed by atoms with E-state index in [1.807, 2.05) is 12.1 Å². The Bertz CT molecular complexity index is 1070. The number of piperidine rings is 3. The van der Waals surface area contributed by atoms with Gasteiger partial charge >= 0.3 is 0 Å². The molecule has 0 radical (unpaired) electrons. The van der Waals surface area contributed by atoms with Crippen LogP contribution in [0.5, 0.6) is 0 Å². The summed E-state index contributed by atoms with van der Waals surface area (Å²) in [5.74, 6) is 0.407. The van der Waals surface area contributed by atoms with E-state index in [0.29, 0.717) is 17.9 Å². The molecule has 2 atom stereocenters. The summed E-state index contributed by atoms with van der Waals surface area (Å²) < 4.78 is 20.2. The van der Waals surface area contributed by atoms with Crippen LogP contribution in [0, 0.1) is 11.2 Å². The van der Waals surface area contributed by atoms with Crippen molar-refractivity contribution >= 4 is 6.02 Å². The van der Waals surface area contributed by atoms with Gasteiger partial charge in [-0.25, -0.2) is 9.38 Å². The Morgan fingerprint density at radius 1 is 1.00 bits per heavy atom. The van der Waals surface area contributed by atoms with Crippen molar-refractivity contribution in [3.05, 3.63) is 70.5 Å². The molecule has 0 unspecified atom stereocenters. The Morgan fingerprint density at radius 2 is 1.71 bits per heavy atom. The molecule has 7 rings (SSSR count). The molecule has 2 aromatic carbocycles. The Kier molecular flexibility index (Phi) is 6.08. The number of benzene rings is 2. The van der Waals surface area contributed by atoms with E-state index in [2.05, 4.69) is 41.8 Å². The zero-order valence-corrected chi connectivity index (χ0v) is 21.2. The average Bonchev–Trinajstić information content (AvgIpc) is 3.42. The highest BCUT2D eigenvalue weighted by Crippen LogP contribution is 2.46. The van der Waals surface area contributed by atoms with E-state index >= 15 is 0 Å². The fraction of sp³-hybridized carbons (Fsp3) is 0.567. The van der Waals surface area contributed by atoms with Gasteiger partial charge in [0.25, 0.3) is 6.02 Å². The summed E-state index contributed by atoms with van der Waals surface area (Å²) >= 11 is 0. The second kappa shape index (κ2) is 9.24. The van der Waals surface area contributed by atoms with Gasteiger partial charge in [0.1, 0.15) is 12.4 Å². The molecule has 4 nitrogen and oxygen atoms in total. The predicted molar refractivity (Wildman–Crippen MR) is 138 cm³/mol.